The van der Waals surface area contributed by atoms with Crippen LogP contribution >= 0.6 is 23.2 Å². The predicted molar refractivity (Wildman–Crippen MR) is 98.0 cm³/mol. The summed E-state index contributed by atoms with van der Waals surface area (Å²) in [6.07, 6.45) is 3.09. The molecule has 140 valence electrons. The van der Waals surface area contributed by atoms with Crippen molar-refractivity contribution < 1.29 is 14.7 Å². The lowest BCUT2D eigenvalue weighted by Crippen LogP contribution is -2.16. The number of nitrogens with one attached hydrogen (secondary N) is 1. The van der Waals surface area contributed by atoms with Gasteiger partial charge in [-0.05, 0) is 23.8 Å². The van der Waals surface area contributed by atoms with Crippen molar-refractivity contribution in [3.63, 3.8) is 0 Å². The third-order valence-electron chi connectivity index (χ3n) is 3.54. The topological polar surface area (TPSA) is 115 Å². The highest BCUT2D eigenvalue weighted by molar-refractivity contribution is 6.42. The molecule has 0 unspecified atom stereocenters. The number of carbonyl (C=O) groups excluding carboxylic acids is 1. The number of hydrogen-bond donors (Lipinski definition) is 2. The summed E-state index contributed by atoms with van der Waals surface area (Å²) in [5.74, 6) is -1.25. The highest BCUT2D eigenvalue weighted by atomic mass is 35.5. The zero-order chi connectivity index (χ0) is 19.4. The van der Waals surface area contributed by atoms with Crippen LogP contribution in [0.15, 0.2) is 36.8 Å². The first-order chi connectivity index (χ1) is 12.9. The van der Waals surface area contributed by atoms with Crippen LogP contribution in [-0.4, -0.2) is 41.5 Å². The van der Waals surface area contributed by atoms with Crippen LogP contribution in [0.4, 0.5) is 5.95 Å². The normalized spacial score (nSPS) is 10.7. The molecule has 0 aliphatic rings. The lowest BCUT2D eigenvalue weighted by Gasteiger charge is -2.03. The molecular weight excluding hydrogens is 395 g/mol. The molecule has 11 heteroatoms. The summed E-state index contributed by atoms with van der Waals surface area (Å²) in [7, 11) is 0. The minimum atomic E-state index is -1.12. The van der Waals surface area contributed by atoms with Crippen molar-refractivity contribution in [3.8, 4) is 0 Å². The Bertz CT molecular complexity index is 984. The monoisotopic (exact) mass is 408 g/mol. The minimum absolute atomic E-state index is 0.0712. The van der Waals surface area contributed by atoms with E-state index < -0.39 is 5.97 Å². The Hall–Kier alpha value is -2.91. The van der Waals surface area contributed by atoms with Crippen LogP contribution in [0.25, 0.3) is 0 Å². The Kier molecular flexibility index (Phi) is 5.72. The van der Waals surface area contributed by atoms with Gasteiger partial charge in [0.15, 0.2) is 5.69 Å². The maximum Gasteiger partial charge on any atom is 0.356 e. The average Bonchev–Trinajstić information content (AvgIpc) is 3.26. The largest absolute Gasteiger partial charge is 0.476 e. The van der Waals surface area contributed by atoms with Crippen LogP contribution in [0.5, 0.6) is 0 Å². The molecule has 0 saturated carbocycles. The van der Waals surface area contributed by atoms with Crippen LogP contribution in [0.2, 0.25) is 10.0 Å². The number of anilines is 1. The van der Waals surface area contributed by atoms with E-state index >= 15 is 0 Å². The van der Waals surface area contributed by atoms with Crippen LogP contribution in [-0.2, 0) is 17.9 Å². The molecule has 0 saturated heterocycles. The SMILES string of the molecule is O=C(CCn1ccc(C(=O)O)n1)Nc1ncn(Cc2ccc(Cl)c(Cl)c2)n1. The summed E-state index contributed by atoms with van der Waals surface area (Å²) >= 11 is 11.9. The number of carbonyl (C=O) groups is 2. The third-order valence-corrected chi connectivity index (χ3v) is 4.28. The summed E-state index contributed by atoms with van der Waals surface area (Å²) in [5, 5.41) is 20.3. The Balaban J connectivity index is 1.52. The lowest BCUT2D eigenvalue weighted by molar-refractivity contribution is -0.116. The fraction of sp³-hybridized carbons (Fsp3) is 0.188. The number of nitrogens with zero attached hydrogens (tertiary/aromatic N) is 5. The number of rotatable bonds is 7. The minimum Gasteiger partial charge on any atom is -0.476 e. The molecule has 3 aromatic rings. The van der Waals surface area contributed by atoms with Gasteiger partial charge in [-0.15, -0.1) is 5.10 Å². The molecule has 1 aromatic carbocycles. The van der Waals surface area contributed by atoms with Gasteiger partial charge in [-0.1, -0.05) is 29.3 Å². The van der Waals surface area contributed by atoms with Crippen molar-refractivity contribution in [3.05, 3.63) is 58.1 Å². The van der Waals surface area contributed by atoms with Gasteiger partial charge < -0.3 is 5.11 Å². The maximum absolute atomic E-state index is 12.0. The third kappa shape index (κ3) is 5.05. The molecule has 0 aliphatic heterocycles. The molecule has 0 radical (unpaired) electrons. The van der Waals surface area contributed by atoms with Gasteiger partial charge in [-0.3, -0.25) is 14.8 Å². The van der Waals surface area contributed by atoms with Gasteiger partial charge in [-0.2, -0.15) is 5.10 Å². The number of aromatic carboxylic acids is 1. The van der Waals surface area contributed by atoms with Gasteiger partial charge in [0.05, 0.1) is 16.6 Å². The molecule has 0 bridgehead atoms. The highest BCUT2D eigenvalue weighted by Gasteiger charge is 2.10. The molecule has 3 rings (SSSR count). The van der Waals surface area contributed by atoms with Gasteiger partial charge >= 0.3 is 5.97 Å². The smallest absolute Gasteiger partial charge is 0.356 e. The standard InChI is InChI=1S/C16H14Cl2N6O3/c17-11-2-1-10(7-12(11)18)8-24-9-19-16(22-24)20-14(25)4-6-23-5-3-13(21-23)15(26)27/h1-3,5,7,9H,4,6,8H2,(H,26,27)(H,20,22,25). The summed E-state index contributed by atoms with van der Waals surface area (Å²) in [4.78, 5) is 26.8. The van der Waals surface area contributed by atoms with Gasteiger partial charge in [0.1, 0.15) is 6.33 Å². The lowest BCUT2D eigenvalue weighted by atomic mass is 10.2. The second-order valence-corrected chi connectivity index (χ2v) is 6.40. The Labute approximate surface area is 163 Å². The van der Waals surface area contributed by atoms with Gasteiger partial charge in [0.2, 0.25) is 11.9 Å². The highest BCUT2D eigenvalue weighted by Crippen LogP contribution is 2.22. The van der Waals surface area contributed by atoms with E-state index in [9.17, 15) is 9.59 Å². The van der Waals surface area contributed by atoms with E-state index in [0.717, 1.165) is 5.56 Å². The number of carboxylic acids is 1. The summed E-state index contributed by atoms with van der Waals surface area (Å²) < 4.78 is 2.95. The molecule has 1 amide bonds. The van der Waals surface area contributed by atoms with E-state index in [4.69, 9.17) is 28.3 Å². The van der Waals surface area contributed by atoms with E-state index in [2.05, 4.69) is 20.5 Å². The zero-order valence-electron chi connectivity index (χ0n) is 13.8. The van der Waals surface area contributed by atoms with Gasteiger partial charge in [-0.25, -0.2) is 14.5 Å². The molecule has 9 nitrogen and oxygen atoms in total. The second kappa shape index (κ2) is 8.19. The molecule has 27 heavy (non-hydrogen) atoms. The van der Waals surface area contributed by atoms with Crippen LogP contribution in [0.1, 0.15) is 22.5 Å². The molecular formula is C16H14Cl2N6O3. The van der Waals surface area contributed by atoms with E-state index in [1.54, 1.807) is 16.8 Å². The first-order valence-electron chi connectivity index (χ1n) is 7.80. The second-order valence-electron chi connectivity index (χ2n) is 5.58. The van der Waals surface area contributed by atoms with Crippen LogP contribution in [0.3, 0.4) is 0 Å². The van der Waals surface area contributed by atoms with Crippen molar-refractivity contribution in [2.45, 2.75) is 19.5 Å². The number of halogens is 2. The molecule has 0 atom stereocenters. The fourth-order valence-electron chi connectivity index (χ4n) is 2.26. The number of aromatic nitrogens is 5. The number of hydrogen-bond acceptors (Lipinski definition) is 5. The van der Waals surface area contributed by atoms with Crippen molar-refractivity contribution >= 4 is 41.0 Å². The average molecular weight is 409 g/mol. The van der Waals surface area contributed by atoms with Crippen molar-refractivity contribution in [2.24, 2.45) is 0 Å². The van der Waals surface area contributed by atoms with Gasteiger partial charge in [0.25, 0.3) is 0 Å². The van der Waals surface area contributed by atoms with Crippen LogP contribution < -0.4 is 5.32 Å². The molecule has 2 N–H and O–H groups in total. The fourth-order valence-corrected chi connectivity index (χ4v) is 2.58. The predicted octanol–water partition coefficient (Wildman–Crippen LogP) is 2.56. The summed E-state index contributed by atoms with van der Waals surface area (Å²) in [6.45, 7) is 0.661. The summed E-state index contributed by atoms with van der Waals surface area (Å²) in [6, 6.07) is 6.62. The van der Waals surface area contributed by atoms with Crippen LogP contribution in [0, 0.1) is 0 Å². The summed E-state index contributed by atoms with van der Waals surface area (Å²) in [5.41, 5.74) is 0.818. The number of benzene rings is 1. The van der Waals surface area contributed by atoms with E-state index in [-0.39, 0.29) is 30.5 Å². The van der Waals surface area contributed by atoms with E-state index in [0.29, 0.717) is 16.6 Å². The van der Waals surface area contributed by atoms with Crippen molar-refractivity contribution in [1.29, 1.82) is 0 Å². The maximum atomic E-state index is 12.0. The number of aryl methyl sites for hydroxylation is 1. The quantitative estimate of drug-likeness (QED) is 0.620. The Morgan fingerprint density at radius 3 is 2.63 bits per heavy atom. The zero-order valence-corrected chi connectivity index (χ0v) is 15.4. The molecule has 0 aliphatic carbocycles. The molecule has 2 aromatic heterocycles. The number of amides is 1. The van der Waals surface area contributed by atoms with Crippen molar-refractivity contribution in [2.75, 3.05) is 5.32 Å². The Morgan fingerprint density at radius 2 is 1.93 bits per heavy atom. The molecule has 0 spiro atoms. The number of carboxylic acid groups (broad SMARTS) is 1. The molecule has 0 fully saturated rings. The Morgan fingerprint density at radius 1 is 1.11 bits per heavy atom. The first-order valence-corrected chi connectivity index (χ1v) is 8.56. The van der Waals surface area contributed by atoms with E-state index in [1.165, 1.54) is 23.3 Å². The van der Waals surface area contributed by atoms with Gasteiger partial charge in [0, 0.05) is 19.2 Å². The van der Waals surface area contributed by atoms with Crippen molar-refractivity contribution in [1.82, 2.24) is 24.5 Å². The van der Waals surface area contributed by atoms with E-state index in [1.807, 2.05) is 6.07 Å². The first kappa shape index (κ1) is 18.9. The molecule has 2 heterocycles.